The van der Waals surface area contributed by atoms with Crippen LogP contribution in [0, 0.1) is 0 Å². The minimum absolute atomic E-state index is 0.157. The second-order valence-electron chi connectivity index (χ2n) is 5.68. The molecule has 1 aliphatic heterocycles. The first-order valence-electron chi connectivity index (χ1n) is 7.23. The van der Waals surface area contributed by atoms with Gasteiger partial charge in [-0.1, -0.05) is 15.9 Å². The molecule has 0 spiro atoms. The Morgan fingerprint density at radius 1 is 1.40 bits per heavy atom. The second kappa shape index (κ2) is 5.74. The number of nitrogens with two attached hydrogens (primary N) is 1. The SMILES string of the molecule is NC(=O)C1CCCN1c1ccc(Br)cc1CNC1CC1. The lowest BCUT2D eigenvalue weighted by Gasteiger charge is -2.27. The normalized spacial score (nSPS) is 22.2. The van der Waals surface area contributed by atoms with Crippen LogP contribution in [-0.4, -0.2) is 24.5 Å². The molecule has 0 radical (unpaired) electrons. The Hall–Kier alpha value is -1.07. The summed E-state index contributed by atoms with van der Waals surface area (Å²) >= 11 is 3.53. The quantitative estimate of drug-likeness (QED) is 0.865. The third-order valence-corrected chi connectivity index (χ3v) is 4.58. The first-order chi connectivity index (χ1) is 9.65. The molecule has 108 valence electrons. The molecule has 1 saturated carbocycles. The van der Waals surface area contributed by atoms with Gasteiger partial charge in [0, 0.05) is 29.3 Å². The van der Waals surface area contributed by atoms with E-state index in [1.807, 2.05) is 6.07 Å². The zero-order valence-electron chi connectivity index (χ0n) is 11.4. The van der Waals surface area contributed by atoms with Crippen LogP contribution in [0.25, 0.3) is 0 Å². The van der Waals surface area contributed by atoms with Gasteiger partial charge in [-0.25, -0.2) is 0 Å². The smallest absolute Gasteiger partial charge is 0.240 e. The van der Waals surface area contributed by atoms with Crippen molar-refractivity contribution in [1.82, 2.24) is 5.32 Å². The predicted molar refractivity (Wildman–Crippen MR) is 83.6 cm³/mol. The highest BCUT2D eigenvalue weighted by molar-refractivity contribution is 9.10. The van der Waals surface area contributed by atoms with Crippen LogP contribution in [0.3, 0.4) is 0 Å². The fourth-order valence-corrected chi connectivity index (χ4v) is 3.28. The van der Waals surface area contributed by atoms with Crippen LogP contribution in [0.2, 0.25) is 0 Å². The van der Waals surface area contributed by atoms with Gasteiger partial charge in [0.1, 0.15) is 6.04 Å². The second-order valence-corrected chi connectivity index (χ2v) is 6.60. The zero-order valence-corrected chi connectivity index (χ0v) is 13.0. The third kappa shape index (κ3) is 2.99. The molecule has 2 fully saturated rings. The molecule has 3 N–H and O–H groups in total. The van der Waals surface area contributed by atoms with Gasteiger partial charge in [-0.05, 0) is 49.4 Å². The van der Waals surface area contributed by atoms with E-state index in [4.69, 9.17) is 5.73 Å². The number of primary amides is 1. The molecule has 4 nitrogen and oxygen atoms in total. The van der Waals surface area contributed by atoms with Crippen molar-refractivity contribution in [2.75, 3.05) is 11.4 Å². The molecule has 5 heteroatoms. The molecule has 1 amide bonds. The topological polar surface area (TPSA) is 58.4 Å². The van der Waals surface area contributed by atoms with E-state index in [0.29, 0.717) is 6.04 Å². The van der Waals surface area contributed by atoms with Gasteiger partial charge in [-0.3, -0.25) is 4.79 Å². The van der Waals surface area contributed by atoms with Crippen LogP contribution in [0.1, 0.15) is 31.2 Å². The van der Waals surface area contributed by atoms with E-state index in [1.54, 1.807) is 0 Å². The first kappa shape index (κ1) is 13.9. The molecule has 1 aromatic rings. The Labute approximate surface area is 127 Å². The number of hydrogen-bond donors (Lipinski definition) is 2. The fourth-order valence-electron chi connectivity index (χ4n) is 2.87. The number of rotatable bonds is 5. The number of amides is 1. The summed E-state index contributed by atoms with van der Waals surface area (Å²) < 4.78 is 1.07. The number of nitrogens with zero attached hydrogens (tertiary/aromatic N) is 1. The summed E-state index contributed by atoms with van der Waals surface area (Å²) in [5, 5.41) is 3.54. The van der Waals surface area contributed by atoms with Crippen LogP contribution in [0.15, 0.2) is 22.7 Å². The fraction of sp³-hybridized carbons (Fsp3) is 0.533. The number of benzene rings is 1. The molecule has 1 unspecified atom stereocenters. The Kier molecular flexibility index (Phi) is 3.98. The highest BCUT2D eigenvalue weighted by Gasteiger charge is 2.30. The van der Waals surface area contributed by atoms with Crippen molar-refractivity contribution in [2.24, 2.45) is 5.73 Å². The van der Waals surface area contributed by atoms with Gasteiger partial charge in [0.2, 0.25) is 5.91 Å². The summed E-state index contributed by atoms with van der Waals surface area (Å²) in [6.45, 7) is 1.76. The summed E-state index contributed by atoms with van der Waals surface area (Å²) in [6, 6.07) is 6.78. The number of anilines is 1. The molecular weight excluding hydrogens is 318 g/mol. The maximum atomic E-state index is 11.6. The minimum atomic E-state index is -0.216. The Morgan fingerprint density at radius 3 is 2.90 bits per heavy atom. The first-order valence-corrected chi connectivity index (χ1v) is 8.02. The van der Waals surface area contributed by atoms with E-state index in [0.717, 1.165) is 36.1 Å². The van der Waals surface area contributed by atoms with Gasteiger partial charge in [0.05, 0.1) is 0 Å². The average molecular weight is 338 g/mol. The Morgan fingerprint density at radius 2 is 2.20 bits per heavy atom. The van der Waals surface area contributed by atoms with E-state index in [9.17, 15) is 4.79 Å². The summed E-state index contributed by atoms with van der Waals surface area (Å²) in [5.41, 5.74) is 7.91. The zero-order chi connectivity index (χ0) is 14.1. The molecular formula is C15H20BrN3O. The van der Waals surface area contributed by atoms with E-state index in [2.05, 4.69) is 38.3 Å². The van der Waals surface area contributed by atoms with Crippen molar-refractivity contribution in [1.29, 1.82) is 0 Å². The molecule has 1 saturated heterocycles. The minimum Gasteiger partial charge on any atom is -0.368 e. The molecule has 3 rings (SSSR count). The molecule has 1 heterocycles. The third-order valence-electron chi connectivity index (χ3n) is 4.09. The van der Waals surface area contributed by atoms with Crippen molar-refractivity contribution in [3.05, 3.63) is 28.2 Å². The number of hydrogen-bond acceptors (Lipinski definition) is 3. The summed E-state index contributed by atoms with van der Waals surface area (Å²) in [6.07, 6.45) is 4.44. The van der Waals surface area contributed by atoms with Crippen molar-refractivity contribution < 1.29 is 4.79 Å². The van der Waals surface area contributed by atoms with Gasteiger partial charge in [0.25, 0.3) is 0 Å². The largest absolute Gasteiger partial charge is 0.368 e. The lowest BCUT2D eigenvalue weighted by molar-refractivity contribution is -0.119. The monoisotopic (exact) mass is 337 g/mol. The molecule has 0 aromatic heterocycles. The van der Waals surface area contributed by atoms with Gasteiger partial charge in [0.15, 0.2) is 0 Å². The van der Waals surface area contributed by atoms with E-state index < -0.39 is 0 Å². The average Bonchev–Trinajstić information content (AvgIpc) is 3.11. The number of carbonyl (C=O) groups is 1. The summed E-state index contributed by atoms with van der Waals surface area (Å²) in [7, 11) is 0. The van der Waals surface area contributed by atoms with Crippen LogP contribution in [0.4, 0.5) is 5.69 Å². The molecule has 2 aliphatic rings. The molecule has 1 atom stereocenters. The number of nitrogens with one attached hydrogen (secondary N) is 1. The highest BCUT2D eigenvalue weighted by Crippen LogP contribution is 2.31. The van der Waals surface area contributed by atoms with E-state index in [-0.39, 0.29) is 11.9 Å². The summed E-state index contributed by atoms with van der Waals surface area (Å²) in [4.78, 5) is 13.8. The van der Waals surface area contributed by atoms with Crippen molar-refractivity contribution in [3.8, 4) is 0 Å². The molecule has 20 heavy (non-hydrogen) atoms. The molecule has 0 bridgehead atoms. The maximum Gasteiger partial charge on any atom is 0.240 e. The van der Waals surface area contributed by atoms with Gasteiger partial charge >= 0.3 is 0 Å². The van der Waals surface area contributed by atoms with E-state index in [1.165, 1.54) is 18.4 Å². The van der Waals surface area contributed by atoms with Crippen molar-refractivity contribution in [2.45, 2.75) is 44.3 Å². The van der Waals surface area contributed by atoms with Crippen LogP contribution >= 0.6 is 15.9 Å². The van der Waals surface area contributed by atoms with Crippen LogP contribution in [-0.2, 0) is 11.3 Å². The van der Waals surface area contributed by atoms with Crippen LogP contribution in [0.5, 0.6) is 0 Å². The lowest BCUT2D eigenvalue weighted by Crippen LogP contribution is -2.41. The van der Waals surface area contributed by atoms with Crippen molar-refractivity contribution in [3.63, 3.8) is 0 Å². The highest BCUT2D eigenvalue weighted by atomic mass is 79.9. The standard InChI is InChI=1S/C15H20BrN3O/c16-11-3-6-13(10(8-11)9-18-12-4-5-12)19-7-1-2-14(19)15(17)20/h3,6,8,12,14,18H,1-2,4-5,7,9H2,(H2,17,20). The Balaban J connectivity index is 1.84. The number of carbonyl (C=O) groups excluding carboxylic acids is 1. The molecule has 1 aromatic carbocycles. The van der Waals surface area contributed by atoms with Crippen molar-refractivity contribution >= 4 is 27.5 Å². The summed E-state index contributed by atoms with van der Waals surface area (Å²) in [5.74, 6) is -0.216. The van der Waals surface area contributed by atoms with Gasteiger partial charge in [-0.15, -0.1) is 0 Å². The van der Waals surface area contributed by atoms with Gasteiger partial charge < -0.3 is 16.0 Å². The van der Waals surface area contributed by atoms with Crippen LogP contribution < -0.4 is 16.0 Å². The predicted octanol–water partition coefficient (Wildman–Crippen LogP) is 2.16. The number of halogens is 1. The van der Waals surface area contributed by atoms with E-state index >= 15 is 0 Å². The van der Waals surface area contributed by atoms with Gasteiger partial charge in [-0.2, -0.15) is 0 Å². The lowest BCUT2D eigenvalue weighted by atomic mass is 10.1. The maximum absolute atomic E-state index is 11.6. The molecule has 1 aliphatic carbocycles. The Bertz CT molecular complexity index is 516.